The highest BCUT2D eigenvalue weighted by atomic mass is 79.9. The summed E-state index contributed by atoms with van der Waals surface area (Å²) in [5, 5.41) is 7.54. The van der Waals surface area contributed by atoms with E-state index in [0.29, 0.717) is 6.10 Å². The quantitative estimate of drug-likeness (QED) is 0.745. The summed E-state index contributed by atoms with van der Waals surface area (Å²) in [5.74, 6) is 0. The molecule has 0 spiro atoms. The van der Waals surface area contributed by atoms with E-state index in [1.54, 1.807) is 6.20 Å². The first-order chi connectivity index (χ1) is 7.68. The van der Waals surface area contributed by atoms with Crippen LogP contribution >= 0.6 is 15.9 Å². The van der Waals surface area contributed by atoms with E-state index in [1.165, 1.54) is 0 Å². The summed E-state index contributed by atoms with van der Waals surface area (Å²) in [7, 11) is 0. The lowest BCUT2D eigenvalue weighted by atomic mass is 10.4. The van der Waals surface area contributed by atoms with Gasteiger partial charge in [0.25, 0.3) is 0 Å². The van der Waals surface area contributed by atoms with Crippen molar-refractivity contribution in [1.82, 2.24) is 15.1 Å². The summed E-state index contributed by atoms with van der Waals surface area (Å²) in [6.07, 6.45) is 5.17. The fraction of sp³-hybridized carbons (Fsp3) is 0.727. The van der Waals surface area contributed by atoms with E-state index in [-0.39, 0.29) is 0 Å². The summed E-state index contributed by atoms with van der Waals surface area (Å²) in [4.78, 5) is 0. The van der Waals surface area contributed by atoms with Crippen molar-refractivity contribution in [2.75, 3.05) is 19.7 Å². The number of hydrogen-bond acceptors (Lipinski definition) is 3. The number of nitrogens with one attached hydrogen (secondary N) is 1. The van der Waals surface area contributed by atoms with Crippen LogP contribution in [0.2, 0.25) is 0 Å². The lowest BCUT2D eigenvalue weighted by Crippen LogP contribution is -2.22. The molecule has 0 amide bonds. The number of hydrogen-bond donors (Lipinski definition) is 1. The summed E-state index contributed by atoms with van der Waals surface area (Å²) in [5.41, 5.74) is 0. The third-order valence-corrected chi connectivity index (χ3v) is 2.48. The minimum absolute atomic E-state index is 0.335. The van der Waals surface area contributed by atoms with Crippen molar-refractivity contribution in [3.8, 4) is 0 Å². The van der Waals surface area contributed by atoms with Crippen LogP contribution in [-0.4, -0.2) is 35.6 Å². The molecule has 0 fully saturated rings. The minimum Gasteiger partial charge on any atom is -0.379 e. The average molecular weight is 290 g/mol. The molecule has 5 heteroatoms. The predicted molar refractivity (Wildman–Crippen MR) is 68.5 cm³/mol. The molecule has 1 aromatic heterocycles. The molecule has 0 saturated heterocycles. The van der Waals surface area contributed by atoms with Crippen LogP contribution in [0.1, 0.15) is 20.3 Å². The number of ether oxygens (including phenoxy) is 1. The number of nitrogens with zero attached hydrogens (tertiary/aromatic N) is 2. The molecule has 0 unspecified atom stereocenters. The molecular weight excluding hydrogens is 270 g/mol. The van der Waals surface area contributed by atoms with E-state index in [9.17, 15) is 0 Å². The van der Waals surface area contributed by atoms with Crippen molar-refractivity contribution < 1.29 is 4.74 Å². The normalized spacial score (nSPS) is 11.2. The molecule has 0 atom stereocenters. The molecule has 0 aromatic carbocycles. The second-order valence-electron chi connectivity index (χ2n) is 3.94. The zero-order valence-electron chi connectivity index (χ0n) is 9.95. The van der Waals surface area contributed by atoms with Gasteiger partial charge in [-0.2, -0.15) is 5.10 Å². The second-order valence-corrected chi connectivity index (χ2v) is 4.86. The molecule has 0 aliphatic carbocycles. The van der Waals surface area contributed by atoms with Crippen molar-refractivity contribution in [3.63, 3.8) is 0 Å². The zero-order valence-corrected chi connectivity index (χ0v) is 11.5. The average Bonchev–Trinajstić information content (AvgIpc) is 2.62. The molecule has 0 saturated carbocycles. The number of halogens is 1. The number of rotatable bonds is 8. The molecule has 1 rings (SSSR count). The Balaban J connectivity index is 1.92. The van der Waals surface area contributed by atoms with Crippen molar-refractivity contribution >= 4 is 15.9 Å². The van der Waals surface area contributed by atoms with Gasteiger partial charge in [-0.3, -0.25) is 4.68 Å². The predicted octanol–water partition coefficient (Wildman–Crippen LogP) is 2.05. The Hall–Kier alpha value is -0.390. The van der Waals surface area contributed by atoms with Crippen LogP contribution in [0, 0.1) is 0 Å². The van der Waals surface area contributed by atoms with Crippen molar-refractivity contribution in [2.24, 2.45) is 0 Å². The Morgan fingerprint density at radius 1 is 1.50 bits per heavy atom. The van der Waals surface area contributed by atoms with Crippen molar-refractivity contribution in [3.05, 3.63) is 16.9 Å². The molecule has 0 radical (unpaired) electrons. The van der Waals surface area contributed by atoms with Gasteiger partial charge >= 0.3 is 0 Å². The fourth-order valence-corrected chi connectivity index (χ4v) is 1.62. The standard InChI is InChI=1S/C11H20BrN3O/c1-10(2)16-7-3-4-13-5-6-15-9-11(12)8-14-15/h8-10,13H,3-7H2,1-2H3. The Morgan fingerprint density at radius 2 is 2.31 bits per heavy atom. The third kappa shape index (κ3) is 6.25. The Morgan fingerprint density at radius 3 is 2.94 bits per heavy atom. The second kappa shape index (κ2) is 7.81. The summed E-state index contributed by atoms with van der Waals surface area (Å²) in [6, 6.07) is 0. The summed E-state index contributed by atoms with van der Waals surface area (Å²) >= 11 is 3.37. The van der Waals surface area contributed by atoms with Gasteiger partial charge in [0.15, 0.2) is 0 Å². The monoisotopic (exact) mass is 289 g/mol. The molecule has 1 N–H and O–H groups in total. The Kier molecular flexibility index (Phi) is 6.68. The van der Waals surface area contributed by atoms with E-state index in [4.69, 9.17) is 4.74 Å². The van der Waals surface area contributed by atoms with Gasteiger partial charge < -0.3 is 10.1 Å². The highest BCUT2D eigenvalue weighted by Crippen LogP contribution is 2.05. The Labute approximate surface area is 105 Å². The largest absolute Gasteiger partial charge is 0.379 e. The van der Waals surface area contributed by atoms with Gasteiger partial charge in [0.1, 0.15) is 0 Å². The van der Waals surface area contributed by atoms with Crippen LogP contribution in [0.4, 0.5) is 0 Å². The summed E-state index contributed by atoms with van der Waals surface area (Å²) in [6.45, 7) is 7.78. The molecular formula is C11H20BrN3O. The first-order valence-corrected chi connectivity index (χ1v) is 6.48. The van der Waals surface area contributed by atoms with E-state index < -0.39 is 0 Å². The van der Waals surface area contributed by atoms with E-state index in [1.807, 2.05) is 10.9 Å². The highest BCUT2D eigenvalue weighted by Gasteiger charge is 1.95. The molecule has 92 valence electrons. The summed E-state index contributed by atoms with van der Waals surface area (Å²) < 4.78 is 8.39. The molecule has 0 aliphatic rings. The van der Waals surface area contributed by atoms with E-state index >= 15 is 0 Å². The maximum absolute atomic E-state index is 5.45. The van der Waals surface area contributed by atoms with Gasteiger partial charge in [-0.15, -0.1) is 0 Å². The van der Waals surface area contributed by atoms with Gasteiger partial charge in [0.2, 0.25) is 0 Å². The van der Waals surface area contributed by atoms with Gasteiger partial charge in [0.05, 0.1) is 23.3 Å². The zero-order chi connectivity index (χ0) is 11.8. The van der Waals surface area contributed by atoms with Gasteiger partial charge in [-0.25, -0.2) is 0 Å². The van der Waals surface area contributed by atoms with Crippen molar-refractivity contribution in [1.29, 1.82) is 0 Å². The topological polar surface area (TPSA) is 39.1 Å². The van der Waals surface area contributed by atoms with Crippen LogP contribution in [0.25, 0.3) is 0 Å². The minimum atomic E-state index is 0.335. The van der Waals surface area contributed by atoms with E-state index in [2.05, 4.69) is 40.2 Å². The van der Waals surface area contributed by atoms with Crippen LogP contribution in [0.5, 0.6) is 0 Å². The molecule has 0 aliphatic heterocycles. The van der Waals surface area contributed by atoms with Crippen LogP contribution in [0.3, 0.4) is 0 Å². The highest BCUT2D eigenvalue weighted by molar-refractivity contribution is 9.10. The maximum atomic E-state index is 5.45. The first-order valence-electron chi connectivity index (χ1n) is 5.69. The molecule has 4 nitrogen and oxygen atoms in total. The van der Waals surface area contributed by atoms with E-state index in [0.717, 1.165) is 37.1 Å². The lowest BCUT2D eigenvalue weighted by Gasteiger charge is -2.08. The third-order valence-electron chi connectivity index (χ3n) is 2.07. The smallest absolute Gasteiger partial charge is 0.0632 e. The lowest BCUT2D eigenvalue weighted by molar-refractivity contribution is 0.0771. The van der Waals surface area contributed by atoms with Gasteiger partial charge in [-0.05, 0) is 42.7 Å². The van der Waals surface area contributed by atoms with Gasteiger partial charge in [0, 0.05) is 19.3 Å². The molecule has 1 aromatic rings. The SMILES string of the molecule is CC(C)OCCCNCCn1cc(Br)cn1. The van der Waals surface area contributed by atoms with Crippen LogP contribution < -0.4 is 5.32 Å². The fourth-order valence-electron chi connectivity index (χ4n) is 1.30. The van der Waals surface area contributed by atoms with Crippen molar-refractivity contribution in [2.45, 2.75) is 32.9 Å². The number of aromatic nitrogens is 2. The maximum Gasteiger partial charge on any atom is 0.0632 e. The van der Waals surface area contributed by atoms with Crippen LogP contribution in [-0.2, 0) is 11.3 Å². The Bertz CT molecular complexity index is 289. The van der Waals surface area contributed by atoms with Gasteiger partial charge in [-0.1, -0.05) is 0 Å². The molecule has 16 heavy (non-hydrogen) atoms. The molecule has 1 heterocycles. The molecule has 0 bridgehead atoms. The van der Waals surface area contributed by atoms with Crippen LogP contribution in [0.15, 0.2) is 16.9 Å². The first kappa shape index (κ1) is 13.7.